The summed E-state index contributed by atoms with van der Waals surface area (Å²) in [6.07, 6.45) is 10.7. The number of halogens is 4. The Morgan fingerprint density at radius 3 is 2.48 bits per heavy atom. The Bertz CT molecular complexity index is 1550. The number of hydrogen-bond acceptors (Lipinski definition) is 4. The molecule has 2 aromatic carbocycles. The highest BCUT2D eigenvalue weighted by atomic mass is 79.9. The lowest BCUT2D eigenvalue weighted by Crippen LogP contribution is -2.42. The summed E-state index contributed by atoms with van der Waals surface area (Å²) >= 11 is 22.9. The molecule has 1 saturated carbocycles. The molecule has 1 atom stereocenters. The normalized spacial score (nSPS) is 19.9. The van der Waals surface area contributed by atoms with Crippen molar-refractivity contribution in [3.63, 3.8) is 0 Å². The van der Waals surface area contributed by atoms with Crippen molar-refractivity contribution >= 4 is 62.2 Å². The first-order chi connectivity index (χ1) is 19.4. The maximum atomic E-state index is 6.82. The van der Waals surface area contributed by atoms with E-state index in [0.29, 0.717) is 22.4 Å². The number of ether oxygens (including phenoxy) is 1. The number of aromatic nitrogens is 2. The first kappa shape index (κ1) is 27.6. The first-order valence-electron chi connectivity index (χ1n) is 13.5. The number of nitrogens with one attached hydrogen (secondary N) is 1. The molecule has 1 aromatic heterocycles. The lowest BCUT2D eigenvalue weighted by Gasteiger charge is -2.41. The molecule has 40 heavy (non-hydrogen) atoms. The van der Waals surface area contributed by atoms with Crippen LogP contribution in [-0.2, 0) is 16.6 Å². The fraction of sp³-hybridized carbons (Fsp3) is 0.290. The van der Waals surface area contributed by atoms with E-state index in [4.69, 9.17) is 49.6 Å². The van der Waals surface area contributed by atoms with Gasteiger partial charge in [-0.2, -0.15) is 0 Å². The maximum absolute atomic E-state index is 6.82. The van der Waals surface area contributed by atoms with E-state index in [1.807, 2.05) is 30.3 Å². The predicted octanol–water partition coefficient (Wildman–Crippen LogP) is 9.33. The van der Waals surface area contributed by atoms with E-state index in [1.165, 1.54) is 5.56 Å². The lowest BCUT2D eigenvalue weighted by atomic mass is 9.64. The third-order valence-corrected chi connectivity index (χ3v) is 9.10. The number of hydrogen-bond donors (Lipinski definition) is 1. The SMILES string of the molecule is CCCc1c(C2NN=C(C3(c4ccc(Cl)cc4)CCC3)O2)nc(C2=CCC=C(Cl)C=C2Cl)n1-c1ccc(Br)cc1. The van der Waals surface area contributed by atoms with Crippen molar-refractivity contribution < 1.29 is 4.74 Å². The van der Waals surface area contributed by atoms with E-state index in [9.17, 15) is 0 Å². The van der Waals surface area contributed by atoms with E-state index >= 15 is 0 Å². The molecule has 0 spiro atoms. The molecule has 3 aromatic rings. The summed E-state index contributed by atoms with van der Waals surface area (Å²) in [7, 11) is 0. The average molecular weight is 659 g/mol. The van der Waals surface area contributed by atoms with Crippen molar-refractivity contribution in [3.8, 4) is 5.69 Å². The standard InChI is InChI=1S/C31H28BrCl3N4O/c1-2-5-26-27(29-37-38-30(40-29)31(16-4-17-31)19-8-12-21(33)13-9-19)36-28(24-7-3-6-22(34)18-25(24)35)39(26)23-14-10-20(32)11-15-23/h6-15,18,29,37H,2-5,16-17H2,1H3. The summed E-state index contributed by atoms with van der Waals surface area (Å²) in [5, 5.41) is 6.62. The van der Waals surface area contributed by atoms with Crippen LogP contribution in [0.5, 0.6) is 0 Å². The van der Waals surface area contributed by atoms with Gasteiger partial charge in [-0.25, -0.2) is 4.98 Å². The quantitative estimate of drug-likeness (QED) is 0.275. The van der Waals surface area contributed by atoms with Crippen LogP contribution in [-0.4, -0.2) is 15.4 Å². The second kappa shape index (κ2) is 11.4. The molecule has 206 valence electrons. The van der Waals surface area contributed by atoms with Crippen LogP contribution >= 0.6 is 50.7 Å². The highest BCUT2D eigenvalue weighted by Crippen LogP contribution is 2.47. The van der Waals surface area contributed by atoms with Gasteiger partial charge < -0.3 is 4.74 Å². The van der Waals surface area contributed by atoms with E-state index in [0.717, 1.165) is 70.1 Å². The molecule has 0 saturated heterocycles. The zero-order valence-electron chi connectivity index (χ0n) is 21.9. The van der Waals surface area contributed by atoms with Gasteiger partial charge in [0, 0.05) is 25.8 Å². The van der Waals surface area contributed by atoms with Gasteiger partial charge in [0.05, 0.1) is 16.1 Å². The molecule has 1 fully saturated rings. The zero-order chi connectivity index (χ0) is 27.9. The minimum Gasteiger partial charge on any atom is -0.448 e. The molecule has 2 heterocycles. The minimum atomic E-state index is -0.521. The Hall–Kier alpha value is -2.51. The van der Waals surface area contributed by atoms with Gasteiger partial charge in [-0.15, -0.1) is 5.10 Å². The Balaban J connectivity index is 1.43. The number of hydrazone groups is 1. The molecular weight excluding hydrogens is 631 g/mol. The van der Waals surface area contributed by atoms with Crippen LogP contribution < -0.4 is 5.43 Å². The Morgan fingerprint density at radius 1 is 1.05 bits per heavy atom. The molecule has 3 aliphatic rings. The number of benzene rings is 2. The summed E-state index contributed by atoms with van der Waals surface area (Å²) < 4.78 is 9.82. The van der Waals surface area contributed by atoms with Crippen LogP contribution in [0.4, 0.5) is 0 Å². The van der Waals surface area contributed by atoms with Crippen LogP contribution in [0.1, 0.15) is 68.0 Å². The van der Waals surface area contributed by atoms with Crippen molar-refractivity contribution in [2.45, 2.75) is 57.1 Å². The van der Waals surface area contributed by atoms with E-state index < -0.39 is 6.23 Å². The molecule has 6 rings (SSSR count). The first-order valence-corrected chi connectivity index (χ1v) is 15.4. The Labute approximate surface area is 257 Å². The highest BCUT2D eigenvalue weighted by molar-refractivity contribution is 9.10. The van der Waals surface area contributed by atoms with Crippen LogP contribution in [0.15, 0.2) is 86.4 Å². The smallest absolute Gasteiger partial charge is 0.231 e. The van der Waals surface area contributed by atoms with Crippen LogP contribution in [0.2, 0.25) is 5.02 Å². The monoisotopic (exact) mass is 656 g/mol. The fourth-order valence-corrected chi connectivity index (χ4v) is 6.52. The number of imidazole rings is 1. The van der Waals surface area contributed by atoms with Gasteiger partial charge in [0.25, 0.3) is 0 Å². The van der Waals surface area contributed by atoms with Crippen molar-refractivity contribution in [2.24, 2.45) is 5.10 Å². The van der Waals surface area contributed by atoms with Gasteiger partial charge in [0.1, 0.15) is 11.5 Å². The minimum absolute atomic E-state index is 0.257. The molecule has 1 unspecified atom stereocenters. The summed E-state index contributed by atoms with van der Waals surface area (Å²) in [5.74, 6) is 1.45. The Kier molecular flexibility index (Phi) is 7.88. The van der Waals surface area contributed by atoms with Crippen LogP contribution in [0, 0.1) is 0 Å². The van der Waals surface area contributed by atoms with Gasteiger partial charge >= 0.3 is 0 Å². The van der Waals surface area contributed by atoms with Crippen molar-refractivity contribution in [2.75, 3.05) is 0 Å². The van der Waals surface area contributed by atoms with Crippen LogP contribution in [0.3, 0.4) is 0 Å². The van der Waals surface area contributed by atoms with E-state index in [-0.39, 0.29) is 5.41 Å². The number of nitrogens with zero attached hydrogens (tertiary/aromatic N) is 3. The van der Waals surface area contributed by atoms with Crippen LogP contribution in [0.25, 0.3) is 11.3 Å². The van der Waals surface area contributed by atoms with Gasteiger partial charge in [0.15, 0.2) is 0 Å². The second-order valence-corrected chi connectivity index (χ2v) is 12.4. The molecule has 2 aliphatic carbocycles. The average Bonchev–Trinajstić information content (AvgIpc) is 3.49. The van der Waals surface area contributed by atoms with Gasteiger partial charge in [-0.05, 0) is 73.7 Å². The number of allylic oxidation sites excluding steroid dienone is 6. The second-order valence-electron chi connectivity index (χ2n) is 10.3. The van der Waals surface area contributed by atoms with Gasteiger partial charge in [0.2, 0.25) is 12.1 Å². The third kappa shape index (κ3) is 5.04. The van der Waals surface area contributed by atoms with E-state index in [2.05, 4.69) is 63.2 Å². The third-order valence-electron chi connectivity index (χ3n) is 7.75. The topological polar surface area (TPSA) is 51.4 Å². The van der Waals surface area contributed by atoms with E-state index in [1.54, 1.807) is 6.08 Å². The van der Waals surface area contributed by atoms with Gasteiger partial charge in [-0.1, -0.05) is 94.8 Å². The fourth-order valence-electron chi connectivity index (χ4n) is 5.59. The predicted molar refractivity (Wildman–Crippen MR) is 167 cm³/mol. The molecule has 1 N–H and O–H groups in total. The summed E-state index contributed by atoms with van der Waals surface area (Å²) in [6, 6.07) is 16.2. The molecular formula is C31H28BrCl3N4O. The van der Waals surface area contributed by atoms with Crippen molar-refractivity contribution in [1.82, 2.24) is 15.0 Å². The number of rotatable bonds is 7. The van der Waals surface area contributed by atoms with Gasteiger partial charge in [-0.3, -0.25) is 9.99 Å². The molecule has 0 bridgehead atoms. The largest absolute Gasteiger partial charge is 0.448 e. The van der Waals surface area contributed by atoms with Crippen molar-refractivity contribution in [1.29, 1.82) is 0 Å². The summed E-state index contributed by atoms with van der Waals surface area (Å²) in [5.41, 5.74) is 7.86. The molecule has 1 aliphatic heterocycles. The molecule has 0 radical (unpaired) electrons. The highest BCUT2D eigenvalue weighted by Gasteiger charge is 2.48. The lowest BCUT2D eigenvalue weighted by molar-refractivity contribution is 0.154. The van der Waals surface area contributed by atoms with Crippen molar-refractivity contribution in [3.05, 3.63) is 109 Å². The Morgan fingerprint density at radius 2 is 1.80 bits per heavy atom. The zero-order valence-corrected chi connectivity index (χ0v) is 25.8. The molecule has 9 heteroatoms. The summed E-state index contributed by atoms with van der Waals surface area (Å²) in [4.78, 5) is 5.21. The summed E-state index contributed by atoms with van der Waals surface area (Å²) in [6.45, 7) is 2.17. The molecule has 0 amide bonds. The molecule has 5 nitrogen and oxygen atoms in total. The maximum Gasteiger partial charge on any atom is 0.231 e.